The Morgan fingerprint density at radius 3 is 2.79 bits per heavy atom. The van der Waals surface area contributed by atoms with Gasteiger partial charge in [0.05, 0.1) is 6.61 Å². The van der Waals surface area contributed by atoms with Gasteiger partial charge in [-0.15, -0.1) is 0 Å². The molecule has 1 atom stereocenters. The number of nitrogens with zero attached hydrogens (tertiary/aromatic N) is 1. The van der Waals surface area contributed by atoms with Crippen LogP contribution in [0.15, 0.2) is 30.3 Å². The molecule has 0 aliphatic carbocycles. The lowest BCUT2D eigenvalue weighted by molar-refractivity contribution is 0.143. The summed E-state index contributed by atoms with van der Waals surface area (Å²) in [4.78, 5) is 2.53. The van der Waals surface area contributed by atoms with Crippen LogP contribution < -0.4 is 5.32 Å². The van der Waals surface area contributed by atoms with Gasteiger partial charge in [-0.25, -0.2) is 0 Å². The Balaban J connectivity index is 1.78. The summed E-state index contributed by atoms with van der Waals surface area (Å²) in [5, 5.41) is 3.58. The summed E-state index contributed by atoms with van der Waals surface area (Å²) in [6.07, 6.45) is 3.76. The molecule has 0 radical (unpaired) electrons. The van der Waals surface area contributed by atoms with Crippen molar-refractivity contribution in [2.75, 3.05) is 39.9 Å². The lowest BCUT2D eigenvalue weighted by Gasteiger charge is -2.25. The highest BCUT2D eigenvalue weighted by Crippen LogP contribution is 2.08. The molecule has 1 unspecified atom stereocenters. The van der Waals surface area contributed by atoms with Gasteiger partial charge < -0.3 is 10.1 Å². The summed E-state index contributed by atoms with van der Waals surface area (Å²) >= 11 is 0. The predicted molar refractivity (Wildman–Crippen MR) is 79.5 cm³/mol. The van der Waals surface area contributed by atoms with Gasteiger partial charge in [0.2, 0.25) is 0 Å². The van der Waals surface area contributed by atoms with Crippen LogP contribution in [0.1, 0.15) is 18.4 Å². The third-order valence-corrected chi connectivity index (χ3v) is 3.81. The lowest BCUT2D eigenvalue weighted by Crippen LogP contribution is -2.40. The molecule has 1 saturated heterocycles. The third kappa shape index (κ3) is 5.31. The van der Waals surface area contributed by atoms with Gasteiger partial charge in [-0.1, -0.05) is 30.3 Å². The van der Waals surface area contributed by atoms with Crippen molar-refractivity contribution >= 4 is 0 Å². The molecule has 19 heavy (non-hydrogen) atoms. The number of hydrogen-bond donors (Lipinski definition) is 1. The van der Waals surface area contributed by atoms with E-state index in [9.17, 15) is 0 Å². The second-order valence-electron chi connectivity index (χ2n) is 5.32. The first-order valence-electron chi connectivity index (χ1n) is 7.37. The maximum Gasteiger partial charge on any atom is 0.0589 e. The van der Waals surface area contributed by atoms with Gasteiger partial charge in [-0.05, 0) is 31.4 Å². The molecule has 0 amide bonds. The zero-order chi connectivity index (χ0) is 13.3. The van der Waals surface area contributed by atoms with Crippen molar-refractivity contribution in [3.8, 4) is 0 Å². The molecule has 0 bridgehead atoms. The van der Waals surface area contributed by atoms with Crippen molar-refractivity contribution in [3.05, 3.63) is 35.9 Å². The minimum absolute atomic E-state index is 0.674. The molecule has 0 saturated carbocycles. The van der Waals surface area contributed by atoms with E-state index in [0.29, 0.717) is 6.04 Å². The van der Waals surface area contributed by atoms with Crippen molar-refractivity contribution in [1.29, 1.82) is 0 Å². The maximum atomic E-state index is 5.23. The number of rotatable bonds is 8. The summed E-state index contributed by atoms with van der Waals surface area (Å²) in [6.45, 7) is 5.30. The molecule has 1 N–H and O–H groups in total. The van der Waals surface area contributed by atoms with Gasteiger partial charge in [0.1, 0.15) is 0 Å². The minimum atomic E-state index is 0.674. The molecular formula is C16H26N2O. The van der Waals surface area contributed by atoms with Crippen LogP contribution in [-0.4, -0.2) is 50.8 Å². The molecule has 1 aromatic rings. The number of ether oxygens (including phenoxy) is 1. The number of methoxy groups -OCH3 is 1. The van der Waals surface area contributed by atoms with E-state index in [1.165, 1.54) is 24.9 Å². The van der Waals surface area contributed by atoms with Crippen LogP contribution in [0.2, 0.25) is 0 Å². The molecular weight excluding hydrogens is 236 g/mol. The van der Waals surface area contributed by atoms with Gasteiger partial charge in [-0.3, -0.25) is 4.90 Å². The fraction of sp³-hybridized carbons (Fsp3) is 0.625. The quantitative estimate of drug-likeness (QED) is 0.775. The first-order chi connectivity index (χ1) is 9.38. The molecule has 2 rings (SSSR count). The van der Waals surface area contributed by atoms with Crippen LogP contribution in [0, 0.1) is 0 Å². The van der Waals surface area contributed by atoms with Crippen molar-refractivity contribution in [2.24, 2.45) is 0 Å². The Morgan fingerprint density at radius 1 is 1.26 bits per heavy atom. The molecule has 3 nitrogen and oxygen atoms in total. The average molecular weight is 262 g/mol. The molecule has 0 spiro atoms. The smallest absolute Gasteiger partial charge is 0.0589 e. The standard InChI is InChI=1S/C16H26N2O/c1-19-13-12-18(14-16-8-5-10-17-16)11-9-15-6-3-2-4-7-15/h2-4,6-7,16-17H,5,8-14H2,1H3. The summed E-state index contributed by atoms with van der Waals surface area (Å²) < 4.78 is 5.23. The average Bonchev–Trinajstić information content (AvgIpc) is 2.96. The summed E-state index contributed by atoms with van der Waals surface area (Å²) in [5.74, 6) is 0. The highest BCUT2D eigenvalue weighted by atomic mass is 16.5. The Kier molecular flexibility index (Phi) is 6.34. The fourth-order valence-electron chi connectivity index (χ4n) is 2.67. The third-order valence-electron chi connectivity index (χ3n) is 3.81. The molecule has 106 valence electrons. The van der Waals surface area contributed by atoms with Gasteiger partial charge in [0, 0.05) is 32.8 Å². The Labute approximate surface area is 116 Å². The van der Waals surface area contributed by atoms with Gasteiger partial charge in [0.25, 0.3) is 0 Å². The molecule has 1 heterocycles. The van der Waals surface area contributed by atoms with E-state index in [0.717, 1.165) is 32.7 Å². The van der Waals surface area contributed by atoms with E-state index in [1.54, 1.807) is 7.11 Å². The fourth-order valence-corrected chi connectivity index (χ4v) is 2.67. The van der Waals surface area contributed by atoms with Gasteiger partial charge in [-0.2, -0.15) is 0 Å². The number of benzene rings is 1. The van der Waals surface area contributed by atoms with Crippen molar-refractivity contribution in [3.63, 3.8) is 0 Å². The SMILES string of the molecule is COCCN(CCc1ccccc1)CC1CCCN1. The Hall–Kier alpha value is -0.900. The van der Waals surface area contributed by atoms with Crippen LogP contribution in [0.3, 0.4) is 0 Å². The normalized spacial score (nSPS) is 19.2. The molecule has 0 aromatic heterocycles. The topological polar surface area (TPSA) is 24.5 Å². The second kappa shape index (κ2) is 8.31. The van der Waals surface area contributed by atoms with E-state index in [-0.39, 0.29) is 0 Å². The van der Waals surface area contributed by atoms with Crippen LogP contribution in [-0.2, 0) is 11.2 Å². The molecule has 1 aliphatic heterocycles. The zero-order valence-electron chi connectivity index (χ0n) is 12.0. The van der Waals surface area contributed by atoms with E-state index in [1.807, 2.05) is 0 Å². The second-order valence-corrected chi connectivity index (χ2v) is 5.32. The number of hydrogen-bond acceptors (Lipinski definition) is 3. The monoisotopic (exact) mass is 262 g/mol. The highest BCUT2D eigenvalue weighted by molar-refractivity contribution is 5.14. The summed E-state index contributed by atoms with van der Waals surface area (Å²) in [5.41, 5.74) is 1.42. The number of nitrogens with one attached hydrogen (secondary N) is 1. The van der Waals surface area contributed by atoms with Gasteiger partial charge in [0.15, 0.2) is 0 Å². The summed E-state index contributed by atoms with van der Waals surface area (Å²) in [7, 11) is 1.78. The van der Waals surface area contributed by atoms with E-state index in [2.05, 4.69) is 40.5 Å². The Morgan fingerprint density at radius 2 is 2.11 bits per heavy atom. The zero-order valence-corrected chi connectivity index (χ0v) is 12.0. The highest BCUT2D eigenvalue weighted by Gasteiger charge is 2.17. The Bertz CT molecular complexity index is 336. The van der Waals surface area contributed by atoms with Crippen molar-refractivity contribution in [1.82, 2.24) is 10.2 Å². The maximum absolute atomic E-state index is 5.23. The van der Waals surface area contributed by atoms with Crippen LogP contribution >= 0.6 is 0 Å². The van der Waals surface area contributed by atoms with E-state index in [4.69, 9.17) is 4.74 Å². The van der Waals surface area contributed by atoms with E-state index >= 15 is 0 Å². The predicted octanol–water partition coefficient (Wildman–Crippen LogP) is 1.93. The first-order valence-corrected chi connectivity index (χ1v) is 7.37. The van der Waals surface area contributed by atoms with Crippen LogP contribution in [0.4, 0.5) is 0 Å². The van der Waals surface area contributed by atoms with Gasteiger partial charge >= 0.3 is 0 Å². The molecule has 1 aliphatic rings. The minimum Gasteiger partial charge on any atom is -0.383 e. The first kappa shape index (κ1) is 14.5. The van der Waals surface area contributed by atoms with Crippen molar-refractivity contribution < 1.29 is 4.74 Å². The van der Waals surface area contributed by atoms with Crippen LogP contribution in [0.25, 0.3) is 0 Å². The summed E-state index contributed by atoms with van der Waals surface area (Å²) in [6, 6.07) is 11.4. The van der Waals surface area contributed by atoms with Crippen molar-refractivity contribution in [2.45, 2.75) is 25.3 Å². The lowest BCUT2D eigenvalue weighted by atomic mass is 10.1. The molecule has 1 fully saturated rings. The molecule has 1 aromatic carbocycles. The van der Waals surface area contributed by atoms with Crippen LogP contribution in [0.5, 0.6) is 0 Å². The molecule has 3 heteroatoms. The largest absolute Gasteiger partial charge is 0.383 e. The van der Waals surface area contributed by atoms with E-state index < -0.39 is 0 Å².